The minimum atomic E-state index is -0.0566. The predicted octanol–water partition coefficient (Wildman–Crippen LogP) is -2.60. The van der Waals surface area contributed by atoms with E-state index < -0.39 is 0 Å². The summed E-state index contributed by atoms with van der Waals surface area (Å²) < 4.78 is 8.94. The molecule has 0 unspecified atom stereocenters. The molecule has 10 aromatic rings. The SMILES string of the molecule is [B]c1c([B])c([B])c(-c2c([B])c([B])c(-c3c([B])c([B])c([B])c(-c4ccc5oc6c(-c7cccc(-c8cccc9c8sc8ccccc89)c7)ncnc6c5c4)c3[B])c([B])c2[B])c([B])c1[B]. The Morgan fingerprint density at radius 2 is 0.921 bits per heavy atom. The van der Waals surface area contributed by atoms with Crippen molar-refractivity contribution < 1.29 is 4.42 Å². The van der Waals surface area contributed by atoms with E-state index in [2.05, 4.69) is 59.6 Å². The van der Waals surface area contributed by atoms with Gasteiger partial charge in [0.15, 0.2) is 5.58 Å². The zero-order valence-electron chi connectivity index (χ0n) is 33.4. The smallest absolute Gasteiger partial charge is 0.180 e. The van der Waals surface area contributed by atoms with E-state index in [1.807, 2.05) is 18.2 Å². The maximum Gasteiger partial charge on any atom is 0.180 e. The van der Waals surface area contributed by atoms with Crippen LogP contribution in [0.1, 0.15) is 0 Å². The zero-order valence-corrected chi connectivity index (χ0v) is 34.2. The number of rotatable bonds is 5. The van der Waals surface area contributed by atoms with Crippen LogP contribution in [-0.2, 0) is 0 Å². The Kier molecular flexibility index (Phi) is 10.1. The molecule has 7 aromatic carbocycles. The minimum Gasteiger partial charge on any atom is -0.452 e. The van der Waals surface area contributed by atoms with Gasteiger partial charge >= 0.3 is 0 Å². The van der Waals surface area contributed by atoms with Crippen LogP contribution in [0.4, 0.5) is 0 Å². The summed E-state index contributed by atoms with van der Waals surface area (Å²) in [6.07, 6.45) is 1.51. The van der Waals surface area contributed by atoms with Crippen LogP contribution in [0.15, 0.2) is 95.7 Å². The zero-order chi connectivity index (χ0) is 44.3. The molecule has 0 aliphatic carbocycles. The van der Waals surface area contributed by atoms with Crippen LogP contribution < -0.4 is 71.0 Å². The fourth-order valence-corrected chi connectivity index (χ4v) is 9.88. The molecule has 63 heavy (non-hydrogen) atoms. The van der Waals surface area contributed by atoms with Crippen molar-refractivity contribution in [3.05, 3.63) is 91.3 Å². The van der Waals surface area contributed by atoms with Crippen molar-refractivity contribution in [2.75, 3.05) is 0 Å². The van der Waals surface area contributed by atoms with Gasteiger partial charge in [-0.15, -0.1) is 33.2 Å². The summed E-state index contributed by atoms with van der Waals surface area (Å²) >= 11 is 1.78. The van der Waals surface area contributed by atoms with Crippen molar-refractivity contribution in [2.45, 2.75) is 0 Å². The minimum absolute atomic E-state index is 0.00302. The molecule has 3 nitrogen and oxygen atoms in total. The van der Waals surface area contributed by atoms with E-state index in [-0.39, 0.29) is 93.3 Å². The monoisotopic (exact) mass is 786 g/mol. The summed E-state index contributed by atoms with van der Waals surface area (Å²) in [5.74, 6) is 0. The summed E-state index contributed by atoms with van der Waals surface area (Å²) in [6.45, 7) is 0. The third kappa shape index (κ3) is 6.20. The highest BCUT2D eigenvalue weighted by Crippen LogP contribution is 2.41. The third-order valence-corrected chi connectivity index (χ3v) is 13.1. The van der Waals surface area contributed by atoms with Crippen molar-refractivity contribution in [3.8, 4) is 55.8 Å². The van der Waals surface area contributed by atoms with Crippen molar-refractivity contribution in [1.29, 1.82) is 0 Å². The maximum absolute atomic E-state index is 7.02. The largest absolute Gasteiger partial charge is 0.452 e. The van der Waals surface area contributed by atoms with E-state index in [1.165, 1.54) is 26.5 Å². The number of benzene rings is 7. The molecule has 0 aliphatic rings. The fourth-order valence-electron chi connectivity index (χ4n) is 8.64. The number of nitrogens with zero attached hydrogens (tertiary/aromatic N) is 2. The maximum atomic E-state index is 7.02. The summed E-state index contributed by atoms with van der Waals surface area (Å²) in [4.78, 5) is 9.38. The molecular formula is C46H15B13N2OS. The second-order valence-electron chi connectivity index (χ2n) is 15.3. The number of aromatic nitrogens is 2. The van der Waals surface area contributed by atoms with E-state index in [9.17, 15) is 0 Å². The number of furan rings is 1. The molecule has 0 amide bonds. The van der Waals surface area contributed by atoms with Crippen LogP contribution in [-0.4, -0.2) is 112 Å². The fraction of sp³-hybridized carbons (Fsp3) is 0. The summed E-state index contributed by atoms with van der Waals surface area (Å²) in [7, 11) is 85.1. The molecule has 0 saturated heterocycles. The van der Waals surface area contributed by atoms with Crippen LogP contribution in [0.25, 0.3) is 98.0 Å². The standard InChI is InChI=1S/C46H15B13N2OS/c47-30-25(31(48)39(56)36(53)26(30)27-32(49)34(51)28(35(52)33(27)50)29-37(54)40(57)42(59)41(58)38(29)55)17-11-12-23-22(14-17)44-45(62-23)43(60-15-61-44)18-6-3-5-16(13-18)19-8-4-9-21-20-7-1-2-10-24(20)63-46(19)21/h1-15H. The quantitative estimate of drug-likeness (QED) is 0.180. The molecule has 0 aliphatic heterocycles. The Hall–Kier alpha value is -5.52. The molecule has 10 rings (SSSR count). The van der Waals surface area contributed by atoms with Gasteiger partial charge in [-0.1, -0.05) is 110 Å². The van der Waals surface area contributed by atoms with E-state index in [4.69, 9.17) is 111 Å². The van der Waals surface area contributed by atoms with Gasteiger partial charge in [0.05, 0.1) is 0 Å². The van der Waals surface area contributed by atoms with Crippen molar-refractivity contribution >= 4 is 227 Å². The summed E-state index contributed by atoms with van der Waals surface area (Å²) in [6, 6.07) is 28.5. The summed E-state index contributed by atoms with van der Waals surface area (Å²) in [5, 5.41) is 3.12. The Bertz CT molecular complexity index is 3580. The van der Waals surface area contributed by atoms with Gasteiger partial charge in [0.1, 0.15) is 125 Å². The van der Waals surface area contributed by atoms with Gasteiger partial charge < -0.3 is 4.42 Å². The first kappa shape index (κ1) is 41.5. The van der Waals surface area contributed by atoms with E-state index in [1.54, 1.807) is 23.5 Å². The molecule has 260 valence electrons. The molecule has 0 saturated carbocycles. The Morgan fingerprint density at radius 1 is 0.397 bits per heavy atom. The van der Waals surface area contributed by atoms with Crippen molar-refractivity contribution in [1.82, 2.24) is 9.97 Å². The Labute approximate surface area is 385 Å². The molecule has 17 heteroatoms. The van der Waals surface area contributed by atoms with Crippen LogP contribution in [0.2, 0.25) is 0 Å². The molecular weight excluding hydrogens is 769 g/mol. The summed E-state index contributed by atoms with van der Waals surface area (Å²) in [5.41, 5.74) is 6.61. The average molecular weight is 784 g/mol. The molecule has 0 spiro atoms. The molecule has 0 atom stereocenters. The lowest BCUT2D eigenvalue weighted by Gasteiger charge is -2.31. The number of hydrogen-bond acceptors (Lipinski definition) is 4. The van der Waals surface area contributed by atoms with Crippen molar-refractivity contribution in [2.24, 2.45) is 0 Å². The van der Waals surface area contributed by atoms with Gasteiger partial charge in [-0.3, -0.25) is 0 Å². The van der Waals surface area contributed by atoms with Gasteiger partial charge in [-0.05, 0) is 68.8 Å². The number of thiophene rings is 1. The topological polar surface area (TPSA) is 38.9 Å². The van der Waals surface area contributed by atoms with Gasteiger partial charge in [0.2, 0.25) is 0 Å². The van der Waals surface area contributed by atoms with Gasteiger partial charge in [-0.2, -0.15) is 0 Å². The molecule has 0 fully saturated rings. The Morgan fingerprint density at radius 3 is 1.59 bits per heavy atom. The first-order chi connectivity index (χ1) is 30.2. The van der Waals surface area contributed by atoms with Gasteiger partial charge in [0, 0.05) is 31.1 Å². The van der Waals surface area contributed by atoms with Crippen LogP contribution in [0.5, 0.6) is 0 Å². The lowest BCUT2D eigenvalue weighted by Crippen LogP contribution is -2.57. The highest BCUT2D eigenvalue weighted by atomic mass is 32.1. The predicted molar refractivity (Wildman–Crippen MR) is 279 cm³/mol. The lowest BCUT2D eigenvalue weighted by molar-refractivity contribution is 0.667. The normalized spacial score (nSPS) is 11.7. The van der Waals surface area contributed by atoms with E-state index >= 15 is 0 Å². The second kappa shape index (κ2) is 15.3. The highest BCUT2D eigenvalue weighted by molar-refractivity contribution is 7.26. The highest BCUT2D eigenvalue weighted by Gasteiger charge is 2.25. The van der Waals surface area contributed by atoms with Crippen molar-refractivity contribution in [3.63, 3.8) is 0 Å². The van der Waals surface area contributed by atoms with Crippen LogP contribution >= 0.6 is 11.3 Å². The molecule has 0 N–H and O–H groups in total. The number of hydrogen-bond donors (Lipinski definition) is 0. The van der Waals surface area contributed by atoms with Gasteiger partial charge in [0.25, 0.3) is 0 Å². The second-order valence-corrected chi connectivity index (χ2v) is 16.4. The Balaban J connectivity index is 1.11. The lowest BCUT2D eigenvalue weighted by atomic mass is 9.54. The van der Waals surface area contributed by atoms with Crippen LogP contribution in [0, 0.1) is 0 Å². The average Bonchev–Trinajstić information content (AvgIpc) is 3.87. The first-order valence-electron chi connectivity index (χ1n) is 19.4. The molecule has 3 aromatic heterocycles. The van der Waals surface area contributed by atoms with E-state index in [0.29, 0.717) is 38.9 Å². The number of fused-ring (bicyclic) bond motifs is 6. The third-order valence-electron chi connectivity index (χ3n) is 11.9. The molecule has 0 bridgehead atoms. The van der Waals surface area contributed by atoms with Gasteiger partial charge in [-0.25, -0.2) is 9.97 Å². The van der Waals surface area contributed by atoms with E-state index in [0.717, 1.165) is 16.7 Å². The van der Waals surface area contributed by atoms with Crippen LogP contribution in [0.3, 0.4) is 0 Å². The first-order valence-corrected chi connectivity index (χ1v) is 20.2. The molecule has 26 radical (unpaired) electrons. The molecule has 3 heterocycles.